The molecule has 0 amide bonds. The highest BCUT2D eigenvalue weighted by Crippen LogP contribution is 2.38. The second kappa shape index (κ2) is 5.74. The first-order chi connectivity index (χ1) is 12.8. The van der Waals surface area contributed by atoms with Crippen LogP contribution in [0, 0.1) is 0 Å². The molecule has 3 aromatic heterocycles. The highest BCUT2D eigenvalue weighted by atomic mass is 16.3. The van der Waals surface area contributed by atoms with Crippen molar-refractivity contribution in [2.24, 2.45) is 0 Å². The van der Waals surface area contributed by atoms with E-state index in [4.69, 9.17) is 0 Å². The molecule has 3 heterocycles. The first kappa shape index (κ1) is 14.7. The third-order valence-corrected chi connectivity index (χ3v) is 4.81. The smallest absolute Gasteiger partial charge is 0.147 e. The highest BCUT2D eigenvalue weighted by molar-refractivity contribution is 5.87. The van der Waals surface area contributed by atoms with Gasteiger partial charge in [-0.25, -0.2) is 4.98 Å². The van der Waals surface area contributed by atoms with E-state index in [0.29, 0.717) is 5.52 Å². The normalized spacial score (nSPS) is 12.6. The fourth-order valence-corrected chi connectivity index (χ4v) is 3.60. The average Bonchev–Trinajstić information content (AvgIpc) is 3.35. The summed E-state index contributed by atoms with van der Waals surface area (Å²) < 4.78 is 2.00. The lowest BCUT2D eigenvalue weighted by atomic mass is 9.95. The Balaban J connectivity index is 1.80. The average molecular weight is 340 g/mol. The minimum Gasteiger partial charge on any atom is -0.505 e. The van der Waals surface area contributed by atoms with Crippen molar-refractivity contribution in [3.8, 4) is 5.75 Å². The van der Waals surface area contributed by atoms with Crippen LogP contribution in [-0.2, 0) is 0 Å². The number of fused-ring (bicyclic) bond motifs is 2. The summed E-state index contributed by atoms with van der Waals surface area (Å²) in [6.45, 7) is 0. The second-order valence-electron chi connectivity index (χ2n) is 6.28. The monoisotopic (exact) mass is 340 g/mol. The molecule has 2 aromatic carbocycles. The first-order valence-electron chi connectivity index (χ1n) is 8.43. The number of aromatic amines is 1. The van der Waals surface area contributed by atoms with Gasteiger partial charge < -0.3 is 14.7 Å². The van der Waals surface area contributed by atoms with Crippen LogP contribution in [0.4, 0.5) is 0 Å². The molecule has 2 N–H and O–H groups in total. The van der Waals surface area contributed by atoms with Crippen molar-refractivity contribution in [2.75, 3.05) is 0 Å². The molecule has 0 fully saturated rings. The van der Waals surface area contributed by atoms with Gasteiger partial charge in [-0.3, -0.25) is 4.98 Å². The number of para-hydroxylation sites is 1. The molecule has 0 spiro atoms. The molecule has 5 rings (SSSR count). The number of benzene rings is 2. The molecule has 5 aromatic rings. The maximum absolute atomic E-state index is 11.0. The number of hydrogen-bond donors (Lipinski definition) is 2. The van der Waals surface area contributed by atoms with Gasteiger partial charge in [-0.1, -0.05) is 36.4 Å². The van der Waals surface area contributed by atoms with Gasteiger partial charge in [-0.05, 0) is 12.1 Å². The number of aromatic hydroxyl groups is 1. The maximum atomic E-state index is 11.0. The zero-order valence-corrected chi connectivity index (χ0v) is 13.9. The van der Waals surface area contributed by atoms with Gasteiger partial charge in [-0.15, -0.1) is 0 Å². The molecular weight excluding hydrogens is 324 g/mol. The van der Waals surface area contributed by atoms with Crippen molar-refractivity contribution in [3.63, 3.8) is 0 Å². The molecule has 126 valence electrons. The molecule has 26 heavy (non-hydrogen) atoms. The van der Waals surface area contributed by atoms with E-state index in [9.17, 15) is 5.11 Å². The summed E-state index contributed by atoms with van der Waals surface area (Å²) in [4.78, 5) is 11.9. The Morgan fingerprint density at radius 2 is 1.88 bits per heavy atom. The number of pyridine rings is 1. The molecule has 0 radical (unpaired) electrons. The molecule has 0 saturated heterocycles. The SMILES string of the molecule is Oc1c(C(c2c[nH]c3ccccc23)n2ccnc2)ccc2cccnc12. The summed E-state index contributed by atoms with van der Waals surface area (Å²) in [5.74, 6) is 0.201. The van der Waals surface area contributed by atoms with Gasteiger partial charge in [0.25, 0.3) is 0 Å². The highest BCUT2D eigenvalue weighted by Gasteiger charge is 2.23. The fourth-order valence-electron chi connectivity index (χ4n) is 3.60. The number of imidazole rings is 1. The van der Waals surface area contributed by atoms with Crippen LogP contribution >= 0.6 is 0 Å². The number of hydrogen-bond acceptors (Lipinski definition) is 3. The van der Waals surface area contributed by atoms with E-state index in [1.807, 2.05) is 59.4 Å². The zero-order valence-electron chi connectivity index (χ0n) is 13.9. The second-order valence-corrected chi connectivity index (χ2v) is 6.28. The van der Waals surface area contributed by atoms with Crippen LogP contribution in [0.3, 0.4) is 0 Å². The zero-order chi connectivity index (χ0) is 17.5. The Kier molecular flexibility index (Phi) is 3.25. The third kappa shape index (κ3) is 2.18. The first-order valence-corrected chi connectivity index (χ1v) is 8.43. The van der Waals surface area contributed by atoms with Crippen molar-refractivity contribution in [3.05, 3.63) is 90.8 Å². The van der Waals surface area contributed by atoms with Crippen LogP contribution in [0.2, 0.25) is 0 Å². The Bertz CT molecular complexity index is 1210. The van der Waals surface area contributed by atoms with Gasteiger partial charge >= 0.3 is 0 Å². The number of phenolic OH excluding ortho intramolecular Hbond substituents is 1. The van der Waals surface area contributed by atoms with Crippen molar-refractivity contribution in [1.29, 1.82) is 0 Å². The van der Waals surface area contributed by atoms with Crippen LogP contribution in [0.5, 0.6) is 5.75 Å². The molecule has 0 aliphatic rings. The van der Waals surface area contributed by atoms with E-state index < -0.39 is 0 Å². The summed E-state index contributed by atoms with van der Waals surface area (Å²) in [7, 11) is 0. The fraction of sp³-hybridized carbons (Fsp3) is 0.0476. The van der Waals surface area contributed by atoms with Crippen LogP contribution in [0.1, 0.15) is 17.2 Å². The van der Waals surface area contributed by atoms with Gasteiger partial charge in [0.15, 0.2) is 0 Å². The largest absolute Gasteiger partial charge is 0.505 e. The lowest BCUT2D eigenvalue weighted by Gasteiger charge is -2.20. The number of H-pyrrole nitrogens is 1. The Morgan fingerprint density at radius 1 is 0.962 bits per heavy atom. The molecule has 5 heteroatoms. The Labute approximate surface area is 149 Å². The number of nitrogens with one attached hydrogen (secondary N) is 1. The van der Waals surface area contributed by atoms with Gasteiger partial charge in [0.2, 0.25) is 0 Å². The third-order valence-electron chi connectivity index (χ3n) is 4.81. The molecule has 1 atom stereocenters. The van der Waals surface area contributed by atoms with Crippen LogP contribution in [-0.4, -0.2) is 24.6 Å². The minimum atomic E-state index is -0.208. The molecule has 0 aliphatic heterocycles. The number of nitrogens with zero attached hydrogens (tertiary/aromatic N) is 3. The van der Waals surface area contributed by atoms with Gasteiger partial charge in [0.05, 0.1) is 12.4 Å². The number of aromatic nitrogens is 4. The van der Waals surface area contributed by atoms with Crippen molar-refractivity contribution >= 4 is 21.8 Å². The van der Waals surface area contributed by atoms with E-state index in [1.165, 1.54) is 0 Å². The van der Waals surface area contributed by atoms with E-state index in [-0.39, 0.29) is 11.8 Å². The van der Waals surface area contributed by atoms with Crippen LogP contribution in [0.25, 0.3) is 21.8 Å². The predicted octanol–water partition coefficient (Wildman–Crippen LogP) is 4.26. The number of rotatable bonds is 3. The Morgan fingerprint density at radius 3 is 2.77 bits per heavy atom. The van der Waals surface area contributed by atoms with E-state index in [1.54, 1.807) is 18.7 Å². The lowest BCUT2D eigenvalue weighted by Crippen LogP contribution is -2.10. The van der Waals surface area contributed by atoms with Gasteiger partial charge in [0.1, 0.15) is 11.3 Å². The summed E-state index contributed by atoms with van der Waals surface area (Å²) in [5.41, 5.74) is 3.53. The van der Waals surface area contributed by atoms with E-state index in [2.05, 4.69) is 21.0 Å². The van der Waals surface area contributed by atoms with Gasteiger partial charge in [-0.2, -0.15) is 0 Å². The van der Waals surface area contributed by atoms with Crippen molar-refractivity contribution in [2.45, 2.75) is 6.04 Å². The van der Waals surface area contributed by atoms with Crippen molar-refractivity contribution < 1.29 is 5.11 Å². The summed E-state index contributed by atoms with van der Waals surface area (Å²) in [6, 6.07) is 15.7. The molecule has 0 saturated carbocycles. The summed E-state index contributed by atoms with van der Waals surface area (Å²) >= 11 is 0. The molecule has 1 unspecified atom stereocenters. The number of phenols is 1. The van der Waals surface area contributed by atoms with Crippen molar-refractivity contribution in [1.82, 2.24) is 19.5 Å². The topological polar surface area (TPSA) is 66.7 Å². The minimum absolute atomic E-state index is 0.201. The summed E-state index contributed by atoms with van der Waals surface area (Å²) in [6.07, 6.45) is 9.13. The van der Waals surface area contributed by atoms with Gasteiger partial charge in [0, 0.05) is 52.2 Å². The quantitative estimate of drug-likeness (QED) is 0.516. The molecule has 0 aliphatic carbocycles. The molecular formula is C21H16N4O. The maximum Gasteiger partial charge on any atom is 0.147 e. The molecule has 5 nitrogen and oxygen atoms in total. The van der Waals surface area contributed by atoms with E-state index >= 15 is 0 Å². The lowest BCUT2D eigenvalue weighted by molar-refractivity contribution is 0.465. The summed E-state index contributed by atoms with van der Waals surface area (Å²) in [5, 5.41) is 13.0. The predicted molar refractivity (Wildman–Crippen MR) is 101 cm³/mol. The Hall–Kier alpha value is -3.60. The van der Waals surface area contributed by atoms with Crippen LogP contribution in [0.15, 0.2) is 79.6 Å². The van der Waals surface area contributed by atoms with Crippen LogP contribution < -0.4 is 0 Å². The molecule has 0 bridgehead atoms. The standard InChI is InChI=1S/C21H16N4O/c26-21-16(8-7-14-4-3-9-23-19(14)21)20(25-11-10-22-13-25)17-12-24-18-6-2-1-5-15(17)18/h1-13,20,24,26H. The van der Waals surface area contributed by atoms with E-state index in [0.717, 1.165) is 27.4 Å².